The van der Waals surface area contributed by atoms with Gasteiger partial charge in [0.25, 0.3) is 0 Å². The number of aryl methyl sites for hydroxylation is 1. The van der Waals surface area contributed by atoms with E-state index in [0.717, 1.165) is 11.6 Å². The largest absolute Gasteiger partial charge is 0.492 e. The van der Waals surface area contributed by atoms with Gasteiger partial charge in [0.05, 0.1) is 5.41 Å². The molecule has 0 bridgehead atoms. The third-order valence-corrected chi connectivity index (χ3v) is 2.80. The van der Waals surface area contributed by atoms with Gasteiger partial charge in [-0.3, -0.25) is 4.79 Å². The van der Waals surface area contributed by atoms with E-state index in [0.29, 0.717) is 11.3 Å². The van der Waals surface area contributed by atoms with Crippen LogP contribution in [0.15, 0.2) is 24.3 Å². The van der Waals surface area contributed by atoms with E-state index >= 15 is 0 Å². The minimum atomic E-state index is -1.05. The van der Waals surface area contributed by atoms with E-state index < -0.39 is 17.4 Å². The van der Waals surface area contributed by atoms with Crippen molar-refractivity contribution in [3.8, 4) is 5.75 Å². The summed E-state index contributed by atoms with van der Waals surface area (Å²) < 4.78 is 5.60. The van der Waals surface area contributed by atoms with Crippen LogP contribution in [0.4, 0.5) is 0 Å². The standard InChI is InChI=1S/C15H18O5/c1-10-5-4-6-11(7-8-12(16)17)13(10)20-9-15(2,3)14(18)19/h4-8H,9H2,1-3H3,(H,16,17)(H,18,19)/b8-7+. The highest BCUT2D eigenvalue weighted by molar-refractivity contribution is 5.86. The van der Waals surface area contributed by atoms with Crippen LogP contribution in [-0.2, 0) is 9.59 Å². The van der Waals surface area contributed by atoms with Crippen molar-refractivity contribution >= 4 is 18.0 Å². The molecule has 0 unspecified atom stereocenters. The van der Waals surface area contributed by atoms with Crippen LogP contribution in [-0.4, -0.2) is 28.8 Å². The zero-order chi connectivity index (χ0) is 15.3. The van der Waals surface area contributed by atoms with Gasteiger partial charge in [-0.25, -0.2) is 4.79 Å². The van der Waals surface area contributed by atoms with Crippen molar-refractivity contribution in [3.63, 3.8) is 0 Å². The molecule has 2 N–H and O–H groups in total. The molecule has 5 nitrogen and oxygen atoms in total. The molecule has 0 amide bonds. The van der Waals surface area contributed by atoms with Crippen LogP contribution in [0.5, 0.6) is 5.75 Å². The van der Waals surface area contributed by atoms with Crippen molar-refractivity contribution in [1.29, 1.82) is 0 Å². The van der Waals surface area contributed by atoms with E-state index in [1.165, 1.54) is 6.08 Å². The van der Waals surface area contributed by atoms with Crippen LogP contribution in [0.1, 0.15) is 25.0 Å². The van der Waals surface area contributed by atoms with E-state index in [2.05, 4.69) is 0 Å². The van der Waals surface area contributed by atoms with Crippen LogP contribution in [0.3, 0.4) is 0 Å². The topological polar surface area (TPSA) is 83.8 Å². The first kappa shape index (κ1) is 15.8. The Kier molecular flexibility index (Phi) is 4.91. The van der Waals surface area contributed by atoms with Gasteiger partial charge in [0.1, 0.15) is 12.4 Å². The maximum absolute atomic E-state index is 11.1. The fraction of sp³-hybridized carbons (Fsp3) is 0.333. The molecule has 0 heterocycles. The molecule has 1 aromatic rings. The molecular weight excluding hydrogens is 260 g/mol. The summed E-state index contributed by atoms with van der Waals surface area (Å²) in [6.45, 7) is 4.96. The van der Waals surface area contributed by atoms with Gasteiger partial charge < -0.3 is 14.9 Å². The number of hydrogen-bond acceptors (Lipinski definition) is 3. The van der Waals surface area contributed by atoms with E-state index in [4.69, 9.17) is 14.9 Å². The van der Waals surface area contributed by atoms with E-state index in [9.17, 15) is 9.59 Å². The van der Waals surface area contributed by atoms with Crippen LogP contribution < -0.4 is 4.74 Å². The maximum atomic E-state index is 11.1. The lowest BCUT2D eigenvalue weighted by Crippen LogP contribution is -2.30. The van der Waals surface area contributed by atoms with Gasteiger partial charge in [-0.15, -0.1) is 0 Å². The maximum Gasteiger partial charge on any atom is 0.328 e. The second kappa shape index (κ2) is 6.23. The minimum absolute atomic E-state index is 0.00109. The number of carboxylic acids is 2. The van der Waals surface area contributed by atoms with Crippen LogP contribution in [0.25, 0.3) is 6.08 Å². The predicted octanol–water partition coefficient (Wildman–Crippen LogP) is 2.58. The average molecular weight is 278 g/mol. The van der Waals surface area contributed by atoms with Crippen molar-refractivity contribution in [2.75, 3.05) is 6.61 Å². The van der Waals surface area contributed by atoms with Crippen LogP contribution >= 0.6 is 0 Å². The molecular formula is C15H18O5. The number of hydrogen-bond donors (Lipinski definition) is 2. The van der Waals surface area contributed by atoms with Gasteiger partial charge in [0, 0.05) is 11.6 Å². The van der Waals surface area contributed by atoms with Crippen LogP contribution in [0, 0.1) is 12.3 Å². The summed E-state index contributed by atoms with van der Waals surface area (Å²) in [5.41, 5.74) is 0.406. The molecule has 0 atom stereocenters. The Hall–Kier alpha value is -2.30. The fourth-order valence-electron chi connectivity index (χ4n) is 1.48. The molecule has 0 saturated heterocycles. The van der Waals surface area contributed by atoms with Crippen molar-refractivity contribution in [2.24, 2.45) is 5.41 Å². The number of aliphatic carboxylic acids is 2. The Labute approximate surface area is 117 Å². The summed E-state index contributed by atoms with van der Waals surface area (Å²) >= 11 is 0. The third kappa shape index (κ3) is 4.12. The predicted molar refractivity (Wildman–Crippen MR) is 74.8 cm³/mol. The smallest absolute Gasteiger partial charge is 0.328 e. The number of para-hydroxylation sites is 1. The molecule has 1 aromatic carbocycles. The zero-order valence-electron chi connectivity index (χ0n) is 11.7. The van der Waals surface area contributed by atoms with E-state index in [1.807, 2.05) is 13.0 Å². The Morgan fingerprint density at radius 2 is 1.95 bits per heavy atom. The average Bonchev–Trinajstić information content (AvgIpc) is 2.34. The monoisotopic (exact) mass is 278 g/mol. The number of carbonyl (C=O) groups is 2. The normalized spacial score (nSPS) is 11.6. The van der Waals surface area contributed by atoms with Gasteiger partial charge in [0.15, 0.2) is 0 Å². The molecule has 0 aromatic heterocycles. The highest BCUT2D eigenvalue weighted by Gasteiger charge is 2.28. The lowest BCUT2D eigenvalue weighted by Gasteiger charge is -2.21. The van der Waals surface area contributed by atoms with E-state index in [1.54, 1.807) is 26.0 Å². The summed E-state index contributed by atoms with van der Waals surface area (Å²) in [5, 5.41) is 17.7. The molecule has 0 aliphatic rings. The van der Waals surface area contributed by atoms with Gasteiger partial charge in [0.2, 0.25) is 0 Å². The number of carboxylic acid groups (broad SMARTS) is 2. The van der Waals surface area contributed by atoms with Crippen molar-refractivity contribution in [1.82, 2.24) is 0 Å². The van der Waals surface area contributed by atoms with Gasteiger partial charge in [-0.1, -0.05) is 18.2 Å². The first-order valence-electron chi connectivity index (χ1n) is 6.11. The summed E-state index contributed by atoms with van der Waals surface area (Å²) in [6, 6.07) is 5.32. The Morgan fingerprint density at radius 1 is 1.30 bits per heavy atom. The highest BCUT2D eigenvalue weighted by Crippen LogP contribution is 2.27. The first-order valence-corrected chi connectivity index (χ1v) is 6.11. The lowest BCUT2D eigenvalue weighted by molar-refractivity contribution is -0.148. The molecule has 1 rings (SSSR count). The number of rotatable bonds is 6. The summed E-state index contributed by atoms with van der Waals surface area (Å²) in [5.74, 6) is -1.50. The Morgan fingerprint density at radius 3 is 2.50 bits per heavy atom. The summed E-state index contributed by atoms with van der Waals surface area (Å²) in [4.78, 5) is 21.6. The summed E-state index contributed by atoms with van der Waals surface area (Å²) in [7, 11) is 0. The van der Waals surface area contributed by atoms with Crippen molar-refractivity contribution in [3.05, 3.63) is 35.4 Å². The third-order valence-electron chi connectivity index (χ3n) is 2.80. The molecule has 108 valence electrons. The van der Waals surface area contributed by atoms with Crippen molar-refractivity contribution < 1.29 is 24.5 Å². The molecule has 0 aliphatic carbocycles. The zero-order valence-corrected chi connectivity index (χ0v) is 11.7. The highest BCUT2D eigenvalue weighted by atomic mass is 16.5. The first-order chi connectivity index (χ1) is 9.24. The summed E-state index contributed by atoms with van der Waals surface area (Å²) in [6.07, 6.45) is 2.45. The Bertz CT molecular complexity index is 543. The SMILES string of the molecule is Cc1cccc(/C=C/C(=O)O)c1OCC(C)(C)C(=O)O. The number of benzene rings is 1. The molecule has 20 heavy (non-hydrogen) atoms. The Balaban J connectivity index is 2.99. The molecule has 5 heteroatoms. The van der Waals surface area contributed by atoms with Gasteiger partial charge >= 0.3 is 11.9 Å². The quantitative estimate of drug-likeness (QED) is 0.781. The minimum Gasteiger partial charge on any atom is -0.492 e. The molecule has 0 saturated carbocycles. The van der Waals surface area contributed by atoms with Gasteiger partial charge in [-0.2, -0.15) is 0 Å². The fourth-order valence-corrected chi connectivity index (χ4v) is 1.48. The number of ether oxygens (including phenoxy) is 1. The second-order valence-electron chi connectivity index (χ2n) is 5.14. The van der Waals surface area contributed by atoms with Gasteiger partial charge in [-0.05, 0) is 32.4 Å². The second-order valence-corrected chi connectivity index (χ2v) is 5.14. The lowest BCUT2D eigenvalue weighted by atomic mass is 9.95. The molecule has 0 fully saturated rings. The van der Waals surface area contributed by atoms with Crippen LogP contribution in [0.2, 0.25) is 0 Å². The van der Waals surface area contributed by atoms with Crippen molar-refractivity contribution in [2.45, 2.75) is 20.8 Å². The molecule has 0 spiro atoms. The molecule has 0 aliphatic heterocycles. The molecule has 0 radical (unpaired) electrons. The van der Waals surface area contributed by atoms with E-state index in [-0.39, 0.29) is 6.61 Å².